The lowest BCUT2D eigenvalue weighted by Gasteiger charge is -2.01. The molecule has 3 aromatic carbocycles. The molecule has 3 rings (SSSR count). The molecule has 144 valence electrons. The van der Waals surface area contributed by atoms with Crippen LogP contribution in [0.1, 0.15) is 6.92 Å². The second-order valence-corrected chi connectivity index (χ2v) is 5.15. The Hall–Kier alpha value is -3.54. The van der Waals surface area contributed by atoms with Gasteiger partial charge in [-0.3, -0.25) is 0 Å². The number of phenolic OH excluding ortho intramolecular Hbond substituents is 4. The largest absolute Gasteiger partial charge is 0.508 e. The lowest BCUT2D eigenvalue weighted by Crippen LogP contribution is -1.89. The molecule has 0 fully saturated rings. The number of methoxy groups -OCH3 is 1. The van der Waals surface area contributed by atoms with Gasteiger partial charge in [0, 0.05) is 18.2 Å². The zero-order valence-corrected chi connectivity index (χ0v) is 15.2. The summed E-state index contributed by atoms with van der Waals surface area (Å²) in [6.07, 6.45) is 0. The molecule has 6 heteroatoms. The van der Waals surface area contributed by atoms with Crippen LogP contribution in [0.3, 0.4) is 0 Å². The average molecular weight is 372 g/mol. The molecular formula is C21H24O6. The minimum absolute atomic E-state index is 0.0880. The average Bonchev–Trinajstić information content (AvgIpc) is 2.63. The van der Waals surface area contributed by atoms with Gasteiger partial charge >= 0.3 is 0 Å². The number of phenols is 4. The highest BCUT2D eigenvalue weighted by Gasteiger charge is 1.91. The first-order valence-electron chi connectivity index (χ1n) is 8.17. The predicted octanol–water partition coefficient (Wildman–Crippen LogP) is 4.29. The smallest absolute Gasteiger partial charge is 0.122 e. The van der Waals surface area contributed by atoms with Crippen LogP contribution in [0.25, 0.3) is 0 Å². The maximum atomic E-state index is 8.96. The van der Waals surface area contributed by atoms with Crippen molar-refractivity contribution >= 4 is 0 Å². The number of hydrogen-bond acceptors (Lipinski definition) is 6. The van der Waals surface area contributed by atoms with E-state index < -0.39 is 0 Å². The fraction of sp³-hybridized carbons (Fsp3) is 0.143. The summed E-state index contributed by atoms with van der Waals surface area (Å²) >= 11 is 0. The first-order chi connectivity index (χ1) is 12.9. The Morgan fingerprint density at radius 3 is 1.37 bits per heavy atom. The van der Waals surface area contributed by atoms with Crippen LogP contribution in [0, 0.1) is 0 Å². The highest BCUT2D eigenvalue weighted by atomic mass is 16.5. The Kier molecular flexibility index (Phi) is 9.49. The van der Waals surface area contributed by atoms with E-state index in [1.165, 1.54) is 18.2 Å². The molecule has 0 saturated carbocycles. The molecule has 0 aromatic heterocycles. The minimum atomic E-state index is 0.0880. The van der Waals surface area contributed by atoms with Crippen LogP contribution < -0.4 is 9.47 Å². The van der Waals surface area contributed by atoms with Crippen molar-refractivity contribution in [2.45, 2.75) is 6.92 Å². The standard InChI is InChI=1S/C8H10O2.C7H8O2.C6H6O2/c1-2-10-8-5-3-4-7(9)6-8;1-9-7-4-2-3-6(8)5-7;7-5-2-1-3-6(8)4-5/h3-6,9H,2H2,1H3;2-5,8H,1H3;1-4,7-8H. The Morgan fingerprint density at radius 1 is 0.630 bits per heavy atom. The number of ether oxygens (including phenoxy) is 2. The van der Waals surface area contributed by atoms with Crippen molar-refractivity contribution in [2.75, 3.05) is 13.7 Å². The highest BCUT2D eigenvalue weighted by Crippen LogP contribution is 2.17. The lowest BCUT2D eigenvalue weighted by atomic mass is 10.3. The van der Waals surface area contributed by atoms with Gasteiger partial charge in [-0.1, -0.05) is 18.2 Å². The van der Waals surface area contributed by atoms with Gasteiger partial charge in [0.2, 0.25) is 0 Å². The fourth-order valence-electron chi connectivity index (χ4n) is 1.84. The van der Waals surface area contributed by atoms with Crippen LogP contribution >= 0.6 is 0 Å². The van der Waals surface area contributed by atoms with Crippen molar-refractivity contribution in [3.8, 4) is 34.5 Å². The molecule has 3 aromatic rings. The van der Waals surface area contributed by atoms with Crippen LogP contribution in [0.2, 0.25) is 0 Å². The Labute approximate surface area is 158 Å². The van der Waals surface area contributed by atoms with Gasteiger partial charge in [-0.2, -0.15) is 0 Å². The molecule has 0 aliphatic carbocycles. The molecular weight excluding hydrogens is 348 g/mol. The van der Waals surface area contributed by atoms with Crippen molar-refractivity contribution in [1.82, 2.24) is 0 Å². The topological polar surface area (TPSA) is 99.4 Å². The molecule has 0 heterocycles. The van der Waals surface area contributed by atoms with E-state index in [-0.39, 0.29) is 23.0 Å². The van der Waals surface area contributed by atoms with E-state index in [0.29, 0.717) is 18.1 Å². The summed E-state index contributed by atoms with van der Waals surface area (Å²) in [6.45, 7) is 2.54. The second kappa shape index (κ2) is 11.9. The van der Waals surface area contributed by atoms with E-state index in [4.69, 9.17) is 29.9 Å². The maximum Gasteiger partial charge on any atom is 0.122 e. The third-order valence-electron chi connectivity index (χ3n) is 3.01. The molecule has 0 atom stereocenters. The van der Waals surface area contributed by atoms with E-state index >= 15 is 0 Å². The molecule has 0 saturated heterocycles. The summed E-state index contributed by atoms with van der Waals surface area (Å²) in [5.41, 5.74) is 0. The van der Waals surface area contributed by atoms with Gasteiger partial charge in [0.15, 0.2) is 0 Å². The van der Waals surface area contributed by atoms with E-state index in [1.807, 2.05) is 13.0 Å². The van der Waals surface area contributed by atoms with Crippen molar-refractivity contribution in [3.63, 3.8) is 0 Å². The number of rotatable bonds is 3. The van der Waals surface area contributed by atoms with Gasteiger partial charge in [0.25, 0.3) is 0 Å². The minimum Gasteiger partial charge on any atom is -0.508 e. The van der Waals surface area contributed by atoms with Crippen molar-refractivity contribution in [2.24, 2.45) is 0 Å². The molecule has 0 aliphatic rings. The molecule has 0 amide bonds. The third-order valence-corrected chi connectivity index (χ3v) is 3.01. The zero-order chi connectivity index (χ0) is 20.1. The van der Waals surface area contributed by atoms with Crippen molar-refractivity contribution in [1.29, 1.82) is 0 Å². The van der Waals surface area contributed by atoms with Crippen LogP contribution in [-0.4, -0.2) is 34.1 Å². The summed E-state index contributed by atoms with van der Waals surface area (Å²) in [6, 6.07) is 19.3. The number of hydrogen-bond donors (Lipinski definition) is 4. The number of benzene rings is 3. The summed E-state index contributed by atoms with van der Waals surface area (Å²) in [5.74, 6) is 2.04. The van der Waals surface area contributed by atoms with Gasteiger partial charge < -0.3 is 29.9 Å². The SMILES string of the molecule is CCOc1cccc(O)c1.COc1cccc(O)c1.Oc1cccc(O)c1. The molecule has 4 N–H and O–H groups in total. The zero-order valence-electron chi connectivity index (χ0n) is 15.2. The fourth-order valence-corrected chi connectivity index (χ4v) is 1.84. The monoisotopic (exact) mass is 372 g/mol. The molecule has 6 nitrogen and oxygen atoms in total. The lowest BCUT2D eigenvalue weighted by molar-refractivity contribution is 0.337. The summed E-state index contributed by atoms with van der Waals surface area (Å²) < 4.78 is 9.96. The van der Waals surface area contributed by atoms with E-state index in [0.717, 1.165) is 0 Å². The van der Waals surface area contributed by atoms with Gasteiger partial charge in [0.1, 0.15) is 34.5 Å². The van der Waals surface area contributed by atoms with Crippen molar-refractivity contribution in [3.05, 3.63) is 72.8 Å². The Bertz CT molecular complexity index is 787. The first kappa shape index (κ1) is 21.5. The van der Waals surface area contributed by atoms with Crippen LogP contribution in [0.5, 0.6) is 34.5 Å². The van der Waals surface area contributed by atoms with E-state index in [2.05, 4.69) is 0 Å². The van der Waals surface area contributed by atoms with Gasteiger partial charge in [-0.05, 0) is 43.3 Å². The molecule has 0 radical (unpaired) electrons. The summed E-state index contributed by atoms with van der Waals surface area (Å²) in [5, 5.41) is 35.1. The van der Waals surface area contributed by atoms with Crippen LogP contribution in [0.4, 0.5) is 0 Å². The quantitative estimate of drug-likeness (QED) is 0.547. The van der Waals surface area contributed by atoms with Crippen LogP contribution in [-0.2, 0) is 0 Å². The van der Waals surface area contributed by atoms with Gasteiger partial charge in [0.05, 0.1) is 13.7 Å². The Morgan fingerprint density at radius 2 is 1.04 bits per heavy atom. The Balaban J connectivity index is 0.000000204. The first-order valence-corrected chi connectivity index (χ1v) is 8.17. The van der Waals surface area contributed by atoms with Gasteiger partial charge in [-0.15, -0.1) is 0 Å². The molecule has 0 bridgehead atoms. The maximum absolute atomic E-state index is 8.96. The van der Waals surface area contributed by atoms with Gasteiger partial charge in [-0.25, -0.2) is 0 Å². The molecule has 0 unspecified atom stereocenters. The summed E-state index contributed by atoms with van der Waals surface area (Å²) in [4.78, 5) is 0. The molecule has 27 heavy (non-hydrogen) atoms. The predicted molar refractivity (Wildman–Crippen MR) is 104 cm³/mol. The highest BCUT2D eigenvalue weighted by molar-refractivity contribution is 5.32. The van der Waals surface area contributed by atoms with E-state index in [1.54, 1.807) is 55.6 Å². The number of aromatic hydroxyl groups is 4. The van der Waals surface area contributed by atoms with Crippen LogP contribution in [0.15, 0.2) is 72.8 Å². The molecule has 0 aliphatic heterocycles. The normalized spacial score (nSPS) is 9.11. The third kappa shape index (κ3) is 9.50. The summed E-state index contributed by atoms with van der Waals surface area (Å²) in [7, 11) is 1.56. The second-order valence-electron chi connectivity index (χ2n) is 5.15. The van der Waals surface area contributed by atoms with Crippen molar-refractivity contribution < 1.29 is 29.9 Å². The van der Waals surface area contributed by atoms with E-state index in [9.17, 15) is 0 Å². The molecule has 0 spiro atoms.